The van der Waals surface area contributed by atoms with Crippen LogP contribution in [0.1, 0.15) is 16.8 Å². The van der Waals surface area contributed by atoms with Gasteiger partial charge in [0.2, 0.25) is 0 Å². The Labute approximate surface area is 122 Å². The summed E-state index contributed by atoms with van der Waals surface area (Å²) in [5.74, 6) is 3.41. The summed E-state index contributed by atoms with van der Waals surface area (Å²) < 4.78 is 16.8. The first-order chi connectivity index (χ1) is 9.76. The second-order valence-electron chi connectivity index (χ2n) is 4.60. The van der Waals surface area contributed by atoms with Crippen molar-refractivity contribution in [3.8, 4) is 11.5 Å². The summed E-state index contributed by atoms with van der Waals surface area (Å²) in [5, 5.41) is 0.103. The summed E-state index contributed by atoms with van der Waals surface area (Å²) in [7, 11) is 0. The van der Waals surface area contributed by atoms with E-state index in [0.717, 1.165) is 27.9 Å². The first-order valence-corrected chi connectivity index (χ1v) is 7.47. The molecule has 1 unspecified atom stereocenters. The number of rotatable bonds is 4. The molecule has 2 N–H and O–H groups in total. The van der Waals surface area contributed by atoms with Gasteiger partial charge in [0.05, 0.1) is 5.25 Å². The number of benzene rings is 1. The summed E-state index contributed by atoms with van der Waals surface area (Å²) in [4.78, 5) is 1.10. The number of fused-ring (bicyclic) bond motifs is 1. The highest BCUT2D eigenvalue weighted by atomic mass is 32.2. The van der Waals surface area contributed by atoms with Crippen molar-refractivity contribution in [3.63, 3.8) is 0 Å². The molecule has 0 saturated heterocycles. The predicted octanol–water partition coefficient (Wildman–Crippen LogP) is 3.15. The molecule has 5 heteroatoms. The highest BCUT2D eigenvalue weighted by Crippen LogP contribution is 2.40. The van der Waals surface area contributed by atoms with Crippen molar-refractivity contribution in [2.75, 3.05) is 19.8 Å². The van der Waals surface area contributed by atoms with Crippen LogP contribution in [-0.2, 0) is 0 Å². The smallest absolute Gasteiger partial charge is 0.162 e. The second kappa shape index (κ2) is 5.81. The van der Waals surface area contributed by atoms with Gasteiger partial charge in [-0.15, -0.1) is 11.8 Å². The van der Waals surface area contributed by atoms with Crippen LogP contribution in [0.15, 0.2) is 39.6 Å². The molecule has 0 spiro atoms. The Balaban J connectivity index is 1.79. The van der Waals surface area contributed by atoms with E-state index in [1.807, 2.05) is 37.3 Å². The maximum Gasteiger partial charge on any atom is 0.162 e. The first-order valence-electron chi connectivity index (χ1n) is 6.59. The van der Waals surface area contributed by atoms with Crippen molar-refractivity contribution >= 4 is 11.8 Å². The van der Waals surface area contributed by atoms with Gasteiger partial charge in [0.25, 0.3) is 0 Å². The molecule has 0 fully saturated rings. The number of furan rings is 1. The Morgan fingerprint density at radius 3 is 2.65 bits per heavy atom. The maximum atomic E-state index is 5.86. The Morgan fingerprint density at radius 2 is 1.95 bits per heavy atom. The quantitative estimate of drug-likeness (QED) is 0.877. The van der Waals surface area contributed by atoms with Crippen molar-refractivity contribution < 1.29 is 13.9 Å². The van der Waals surface area contributed by atoms with Crippen molar-refractivity contribution in [3.05, 3.63) is 41.9 Å². The van der Waals surface area contributed by atoms with E-state index < -0.39 is 0 Å². The van der Waals surface area contributed by atoms with E-state index in [2.05, 4.69) is 0 Å². The van der Waals surface area contributed by atoms with E-state index in [1.165, 1.54) is 0 Å². The number of nitrogens with two attached hydrogens (primary N) is 1. The minimum absolute atomic E-state index is 0.103. The van der Waals surface area contributed by atoms with Gasteiger partial charge in [0.15, 0.2) is 11.5 Å². The molecular weight excluding hydrogens is 274 g/mol. The lowest BCUT2D eigenvalue weighted by Gasteiger charge is -2.19. The monoisotopic (exact) mass is 291 g/mol. The summed E-state index contributed by atoms with van der Waals surface area (Å²) in [6.07, 6.45) is 0. The first kappa shape index (κ1) is 13.4. The van der Waals surface area contributed by atoms with E-state index in [-0.39, 0.29) is 5.25 Å². The van der Waals surface area contributed by atoms with Gasteiger partial charge in [0.1, 0.15) is 24.7 Å². The minimum Gasteiger partial charge on any atom is -0.486 e. The largest absolute Gasteiger partial charge is 0.486 e. The molecule has 0 radical (unpaired) electrons. The lowest BCUT2D eigenvalue weighted by molar-refractivity contribution is 0.171. The molecule has 0 bridgehead atoms. The van der Waals surface area contributed by atoms with Crippen molar-refractivity contribution in [2.24, 2.45) is 5.73 Å². The molecule has 1 aromatic carbocycles. The van der Waals surface area contributed by atoms with Gasteiger partial charge < -0.3 is 19.6 Å². The van der Waals surface area contributed by atoms with Gasteiger partial charge in [-0.1, -0.05) is 0 Å². The van der Waals surface area contributed by atoms with Crippen LogP contribution >= 0.6 is 11.8 Å². The highest BCUT2D eigenvalue weighted by Gasteiger charge is 2.17. The Kier molecular flexibility index (Phi) is 3.89. The third-order valence-corrected chi connectivity index (χ3v) is 4.32. The summed E-state index contributed by atoms with van der Waals surface area (Å²) in [6, 6.07) is 9.91. The number of thioether (sulfide) groups is 1. The fourth-order valence-corrected chi connectivity index (χ4v) is 3.10. The van der Waals surface area contributed by atoms with Crippen molar-refractivity contribution in [1.82, 2.24) is 0 Å². The molecule has 1 aromatic heterocycles. The van der Waals surface area contributed by atoms with E-state index >= 15 is 0 Å². The van der Waals surface area contributed by atoms with E-state index in [1.54, 1.807) is 11.8 Å². The number of hydrogen-bond acceptors (Lipinski definition) is 5. The molecule has 4 nitrogen and oxygen atoms in total. The lowest BCUT2D eigenvalue weighted by atomic mass is 10.3. The van der Waals surface area contributed by atoms with Gasteiger partial charge in [-0.05, 0) is 37.3 Å². The Bertz CT molecular complexity index is 597. The number of ether oxygens (including phenoxy) is 2. The summed E-state index contributed by atoms with van der Waals surface area (Å²) in [5.41, 5.74) is 5.86. The molecule has 0 amide bonds. The zero-order chi connectivity index (χ0) is 13.9. The number of hydrogen-bond donors (Lipinski definition) is 1. The maximum absolute atomic E-state index is 5.86. The van der Waals surface area contributed by atoms with E-state index in [9.17, 15) is 0 Å². The molecule has 3 rings (SSSR count). The fraction of sp³-hybridized carbons (Fsp3) is 0.333. The molecule has 0 aliphatic carbocycles. The van der Waals surface area contributed by atoms with Crippen LogP contribution in [0.2, 0.25) is 0 Å². The molecule has 1 aliphatic heterocycles. The Hall–Kier alpha value is -1.59. The SMILES string of the molecule is Cc1ccc(C(CN)Sc2ccc3c(c2)OCCO3)o1. The average Bonchev–Trinajstić information content (AvgIpc) is 2.91. The van der Waals surface area contributed by atoms with Crippen LogP contribution in [0.4, 0.5) is 0 Å². The molecule has 0 saturated carbocycles. The van der Waals surface area contributed by atoms with Crippen LogP contribution in [0, 0.1) is 6.92 Å². The van der Waals surface area contributed by atoms with Gasteiger partial charge >= 0.3 is 0 Å². The van der Waals surface area contributed by atoms with E-state index in [4.69, 9.17) is 19.6 Å². The minimum atomic E-state index is 0.103. The number of aryl methyl sites for hydroxylation is 1. The highest BCUT2D eigenvalue weighted by molar-refractivity contribution is 7.99. The van der Waals surface area contributed by atoms with Crippen LogP contribution in [0.25, 0.3) is 0 Å². The molecule has 1 aliphatic rings. The molecular formula is C15H17NO3S. The zero-order valence-electron chi connectivity index (χ0n) is 11.3. The Morgan fingerprint density at radius 1 is 1.15 bits per heavy atom. The van der Waals surface area contributed by atoms with Gasteiger partial charge in [0, 0.05) is 11.4 Å². The predicted molar refractivity (Wildman–Crippen MR) is 78.5 cm³/mol. The molecule has 20 heavy (non-hydrogen) atoms. The standard InChI is InChI=1S/C15H17NO3S/c1-10-2-4-13(19-10)15(9-16)20-11-3-5-12-14(8-11)18-7-6-17-12/h2-5,8,15H,6-7,9,16H2,1H3. The summed E-state index contributed by atoms with van der Waals surface area (Å²) in [6.45, 7) is 3.66. The zero-order valence-corrected chi connectivity index (χ0v) is 12.1. The van der Waals surface area contributed by atoms with Crippen LogP contribution in [0.3, 0.4) is 0 Å². The van der Waals surface area contributed by atoms with E-state index in [0.29, 0.717) is 19.8 Å². The lowest BCUT2D eigenvalue weighted by Crippen LogP contribution is -2.15. The second-order valence-corrected chi connectivity index (χ2v) is 5.87. The topological polar surface area (TPSA) is 57.6 Å². The van der Waals surface area contributed by atoms with Crippen molar-refractivity contribution in [1.29, 1.82) is 0 Å². The normalized spacial score (nSPS) is 15.1. The van der Waals surface area contributed by atoms with Crippen LogP contribution in [-0.4, -0.2) is 19.8 Å². The average molecular weight is 291 g/mol. The molecule has 1 atom stereocenters. The fourth-order valence-electron chi connectivity index (χ4n) is 2.11. The summed E-state index contributed by atoms with van der Waals surface area (Å²) >= 11 is 1.67. The van der Waals surface area contributed by atoms with Crippen LogP contribution < -0.4 is 15.2 Å². The third kappa shape index (κ3) is 2.78. The third-order valence-electron chi connectivity index (χ3n) is 3.08. The van der Waals surface area contributed by atoms with Crippen molar-refractivity contribution in [2.45, 2.75) is 17.1 Å². The molecule has 2 heterocycles. The van der Waals surface area contributed by atoms with Gasteiger partial charge in [-0.25, -0.2) is 0 Å². The van der Waals surface area contributed by atoms with Gasteiger partial charge in [-0.2, -0.15) is 0 Å². The van der Waals surface area contributed by atoms with Crippen LogP contribution in [0.5, 0.6) is 11.5 Å². The van der Waals surface area contributed by atoms with Gasteiger partial charge in [-0.3, -0.25) is 0 Å². The molecule has 2 aromatic rings. The molecule has 106 valence electrons.